The lowest BCUT2D eigenvalue weighted by Gasteiger charge is -2.14. The Bertz CT molecular complexity index is 540. The van der Waals surface area contributed by atoms with Gasteiger partial charge in [0.05, 0.1) is 5.25 Å². The summed E-state index contributed by atoms with van der Waals surface area (Å²) in [6.07, 6.45) is 0. The molecular weight excluding hydrogens is 272 g/mol. The molecule has 2 N–H and O–H groups in total. The molecule has 96 valence electrons. The predicted molar refractivity (Wildman–Crippen MR) is 73.1 cm³/mol. The number of hydrogen-bond donors (Lipinski definition) is 1. The number of thiophene rings is 1. The molecule has 0 bridgehead atoms. The minimum atomic E-state index is -0.433. The summed E-state index contributed by atoms with van der Waals surface area (Å²) in [5, 5.41) is 1.94. The number of benzene rings is 1. The van der Waals surface area contributed by atoms with E-state index in [2.05, 4.69) is 0 Å². The number of aryl methyl sites for hydroxylation is 1. The van der Waals surface area contributed by atoms with Crippen LogP contribution in [0.5, 0.6) is 0 Å². The van der Waals surface area contributed by atoms with Gasteiger partial charge in [-0.05, 0) is 42.1 Å². The highest BCUT2D eigenvalue weighted by Crippen LogP contribution is 2.39. The monoisotopic (exact) mass is 285 g/mol. The van der Waals surface area contributed by atoms with Crippen molar-refractivity contribution in [3.8, 4) is 0 Å². The lowest BCUT2D eigenvalue weighted by atomic mass is 10.2. The van der Waals surface area contributed by atoms with Gasteiger partial charge in [0.2, 0.25) is 0 Å². The van der Waals surface area contributed by atoms with Gasteiger partial charge in [0, 0.05) is 16.3 Å². The van der Waals surface area contributed by atoms with Crippen molar-refractivity contribution in [2.45, 2.75) is 17.1 Å². The third kappa shape index (κ3) is 2.91. The third-order valence-corrected chi connectivity index (χ3v) is 5.13. The molecule has 0 fully saturated rings. The van der Waals surface area contributed by atoms with Crippen molar-refractivity contribution in [2.24, 2.45) is 5.73 Å². The van der Waals surface area contributed by atoms with Crippen molar-refractivity contribution in [1.29, 1.82) is 0 Å². The highest BCUT2D eigenvalue weighted by Gasteiger charge is 2.17. The highest BCUT2D eigenvalue weighted by molar-refractivity contribution is 7.99. The Hall–Kier alpha value is -0.910. The first kappa shape index (κ1) is 13.5. The summed E-state index contributed by atoms with van der Waals surface area (Å²) >= 11 is 2.87. The average Bonchev–Trinajstić information content (AvgIpc) is 2.77. The van der Waals surface area contributed by atoms with Gasteiger partial charge in [-0.25, -0.2) is 8.78 Å². The molecule has 0 saturated heterocycles. The molecule has 1 aromatic heterocycles. The van der Waals surface area contributed by atoms with Gasteiger partial charge >= 0.3 is 0 Å². The van der Waals surface area contributed by atoms with Crippen LogP contribution in [0.2, 0.25) is 0 Å². The van der Waals surface area contributed by atoms with Crippen molar-refractivity contribution in [3.63, 3.8) is 0 Å². The molecule has 0 aliphatic carbocycles. The van der Waals surface area contributed by atoms with Crippen LogP contribution in [-0.4, -0.2) is 6.54 Å². The molecule has 1 unspecified atom stereocenters. The normalized spacial score (nSPS) is 12.7. The third-order valence-electron chi connectivity index (χ3n) is 2.57. The number of thioether (sulfide) groups is 1. The van der Waals surface area contributed by atoms with Gasteiger partial charge in [0.15, 0.2) is 0 Å². The van der Waals surface area contributed by atoms with E-state index < -0.39 is 11.6 Å². The van der Waals surface area contributed by atoms with Gasteiger partial charge in [-0.2, -0.15) is 0 Å². The Balaban J connectivity index is 2.26. The molecule has 0 amide bonds. The van der Waals surface area contributed by atoms with E-state index >= 15 is 0 Å². The summed E-state index contributed by atoms with van der Waals surface area (Å²) < 4.78 is 26.7. The topological polar surface area (TPSA) is 26.0 Å². The van der Waals surface area contributed by atoms with Crippen LogP contribution in [0.25, 0.3) is 0 Å². The average molecular weight is 285 g/mol. The molecule has 0 spiro atoms. The van der Waals surface area contributed by atoms with Gasteiger partial charge in [0.1, 0.15) is 11.6 Å². The molecule has 0 aliphatic rings. The summed E-state index contributed by atoms with van der Waals surface area (Å²) in [7, 11) is 0. The van der Waals surface area contributed by atoms with E-state index in [0.717, 1.165) is 22.6 Å². The molecular formula is C13H13F2NS2. The van der Waals surface area contributed by atoms with E-state index in [1.807, 2.05) is 18.4 Å². The quantitative estimate of drug-likeness (QED) is 0.855. The Morgan fingerprint density at radius 2 is 2.11 bits per heavy atom. The maximum Gasteiger partial charge on any atom is 0.136 e. The van der Waals surface area contributed by atoms with Gasteiger partial charge in [0.25, 0.3) is 0 Å². The smallest absolute Gasteiger partial charge is 0.136 e. The summed E-state index contributed by atoms with van der Waals surface area (Å²) in [6, 6.07) is 5.48. The summed E-state index contributed by atoms with van der Waals surface area (Å²) in [5.41, 5.74) is 6.88. The first-order valence-corrected chi connectivity index (χ1v) is 7.23. The van der Waals surface area contributed by atoms with Crippen LogP contribution in [0.4, 0.5) is 8.78 Å². The van der Waals surface area contributed by atoms with Crippen LogP contribution in [0.1, 0.15) is 15.7 Å². The zero-order valence-corrected chi connectivity index (χ0v) is 11.5. The maximum absolute atomic E-state index is 13.6. The second-order valence-electron chi connectivity index (χ2n) is 3.88. The predicted octanol–water partition coefficient (Wildman–Crippen LogP) is 4.13. The zero-order valence-electron chi connectivity index (χ0n) is 9.82. The van der Waals surface area contributed by atoms with Gasteiger partial charge in [-0.1, -0.05) is 0 Å². The van der Waals surface area contributed by atoms with Crippen LogP contribution in [0, 0.1) is 18.6 Å². The van der Waals surface area contributed by atoms with Crippen LogP contribution in [0.15, 0.2) is 34.5 Å². The minimum absolute atomic E-state index is 0.0405. The maximum atomic E-state index is 13.6. The summed E-state index contributed by atoms with van der Waals surface area (Å²) in [6.45, 7) is 2.39. The van der Waals surface area contributed by atoms with Crippen molar-refractivity contribution in [2.75, 3.05) is 6.54 Å². The van der Waals surface area contributed by atoms with E-state index in [1.165, 1.54) is 17.8 Å². The van der Waals surface area contributed by atoms with Crippen molar-refractivity contribution < 1.29 is 8.78 Å². The lowest BCUT2D eigenvalue weighted by molar-refractivity contribution is 0.576. The molecule has 1 heterocycles. The van der Waals surface area contributed by atoms with Crippen molar-refractivity contribution >= 4 is 23.1 Å². The fourth-order valence-corrected chi connectivity index (χ4v) is 3.93. The molecule has 0 saturated carbocycles. The number of halogens is 2. The summed E-state index contributed by atoms with van der Waals surface area (Å²) in [4.78, 5) is 1.42. The molecule has 1 atom stereocenters. The molecule has 0 aliphatic heterocycles. The molecule has 2 aromatic rings. The van der Waals surface area contributed by atoms with Gasteiger partial charge in [-0.15, -0.1) is 23.1 Å². The molecule has 2 rings (SSSR count). The number of nitrogens with two attached hydrogens (primary N) is 1. The van der Waals surface area contributed by atoms with E-state index in [-0.39, 0.29) is 5.25 Å². The Morgan fingerprint density at radius 1 is 1.33 bits per heavy atom. The highest BCUT2D eigenvalue weighted by atomic mass is 32.2. The fraction of sp³-hybridized carbons (Fsp3) is 0.231. The fourth-order valence-electron chi connectivity index (χ4n) is 1.64. The largest absolute Gasteiger partial charge is 0.329 e. The Labute approximate surface area is 113 Å². The number of hydrogen-bond acceptors (Lipinski definition) is 3. The first-order valence-electron chi connectivity index (χ1n) is 5.47. The SMILES string of the molecule is Cc1ccsc1C(CN)Sc1cc(F)ccc1F. The van der Waals surface area contributed by atoms with Crippen LogP contribution < -0.4 is 5.73 Å². The van der Waals surface area contributed by atoms with Crippen LogP contribution >= 0.6 is 23.1 Å². The minimum Gasteiger partial charge on any atom is -0.329 e. The Morgan fingerprint density at radius 3 is 2.72 bits per heavy atom. The van der Waals surface area contributed by atoms with Gasteiger partial charge < -0.3 is 5.73 Å². The molecule has 1 aromatic carbocycles. The summed E-state index contributed by atoms with van der Waals surface area (Å²) in [5.74, 6) is -0.841. The second-order valence-corrected chi connectivity index (χ2v) is 6.08. The first-order chi connectivity index (χ1) is 8.61. The second kappa shape index (κ2) is 5.82. The molecule has 5 heteroatoms. The standard InChI is InChI=1S/C13H13F2NS2/c1-8-4-5-17-13(8)12(7-16)18-11-6-9(14)2-3-10(11)15/h2-6,12H,7,16H2,1H3. The van der Waals surface area contributed by atoms with Crippen molar-refractivity contribution in [3.05, 3.63) is 51.7 Å². The zero-order chi connectivity index (χ0) is 13.1. The van der Waals surface area contributed by atoms with Crippen LogP contribution in [0.3, 0.4) is 0 Å². The van der Waals surface area contributed by atoms with Crippen molar-refractivity contribution in [1.82, 2.24) is 0 Å². The van der Waals surface area contributed by atoms with E-state index in [9.17, 15) is 8.78 Å². The molecule has 0 radical (unpaired) electrons. The van der Waals surface area contributed by atoms with E-state index in [0.29, 0.717) is 11.4 Å². The van der Waals surface area contributed by atoms with E-state index in [1.54, 1.807) is 11.3 Å². The number of rotatable bonds is 4. The van der Waals surface area contributed by atoms with Gasteiger partial charge in [-0.3, -0.25) is 0 Å². The molecule has 1 nitrogen and oxygen atoms in total. The lowest BCUT2D eigenvalue weighted by Crippen LogP contribution is -2.09. The molecule has 18 heavy (non-hydrogen) atoms. The van der Waals surface area contributed by atoms with E-state index in [4.69, 9.17) is 5.73 Å². The Kier molecular flexibility index (Phi) is 4.37. The van der Waals surface area contributed by atoms with Crippen LogP contribution in [-0.2, 0) is 0 Å².